The Morgan fingerprint density at radius 2 is 1.48 bits per heavy atom. The van der Waals surface area contributed by atoms with Crippen molar-refractivity contribution in [1.82, 2.24) is 0 Å². The van der Waals surface area contributed by atoms with Gasteiger partial charge in [0.1, 0.15) is 0 Å². The smallest absolute Gasteiger partial charge is 1.00 e. The molecule has 5 nitrogen and oxygen atoms in total. The zero-order valence-corrected chi connectivity index (χ0v) is 17.5. The Balaban J connectivity index is -0.00000180. The van der Waals surface area contributed by atoms with Gasteiger partial charge in [-0.15, -0.1) is 0 Å². The molecule has 0 aromatic heterocycles. The van der Waals surface area contributed by atoms with Crippen molar-refractivity contribution in [2.45, 2.75) is 71.1 Å². The van der Waals surface area contributed by atoms with Crippen molar-refractivity contribution in [1.29, 1.82) is 0 Å². The molecule has 7 heteroatoms. The zero-order valence-electron chi connectivity index (χ0n) is 14.6. The van der Waals surface area contributed by atoms with Gasteiger partial charge < -0.3 is 11.3 Å². The number of carbonyl (C=O) groups excluding carboxylic acids is 1. The Labute approximate surface area is 173 Å². The summed E-state index contributed by atoms with van der Waals surface area (Å²) in [4.78, 5) is 11.3. The third kappa shape index (κ3) is 17.2. The molecule has 122 valence electrons. The van der Waals surface area contributed by atoms with Gasteiger partial charge in [-0.05, 0) is 6.42 Å². The van der Waals surface area contributed by atoms with E-state index in [2.05, 4.69) is 11.1 Å². The van der Waals surface area contributed by atoms with Crippen LogP contribution in [-0.2, 0) is 19.1 Å². The van der Waals surface area contributed by atoms with E-state index < -0.39 is 16.1 Å². The molecule has 0 spiro atoms. The average molecular weight is 348 g/mol. The van der Waals surface area contributed by atoms with Crippen molar-refractivity contribution in [3.05, 3.63) is 0 Å². The Bertz CT molecular complexity index is 353. The number of carbonyl (C=O) groups is 1. The predicted octanol–water partition coefficient (Wildman–Crippen LogP) is -0.144. The Morgan fingerprint density at radius 1 is 1.00 bits per heavy atom. The quantitative estimate of drug-likeness (QED) is 0.285. The van der Waals surface area contributed by atoms with Gasteiger partial charge >= 0.3 is 67.5 Å². The maximum atomic E-state index is 11.3. The summed E-state index contributed by atoms with van der Waals surface area (Å²) in [5.41, 5.74) is 5.12. The summed E-state index contributed by atoms with van der Waals surface area (Å²) in [7, 11) is -3.77. The van der Waals surface area contributed by atoms with Crippen LogP contribution in [0.5, 0.6) is 0 Å². The van der Waals surface area contributed by atoms with Gasteiger partial charge in [-0.1, -0.05) is 58.3 Å². The Morgan fingerprint density at radius 3 is 1.95 bits per heavy atom. The first kappa shape index (κ1) is 24.3. The van der Waals surface area contributed by atoms with Crippen LogP contribution in [0.4, 0.5) is 0 Å². The first-order chi connectivity index (χ1) is 9.52. The molecule has 2 N–H and O–H groups in total. The third-order valence-corrected chi connectivity index (χ3v) is 4.25. The van der Waals surface area contributed by atoms with E-state index in [1.807, 2.05) is 0 Å². The zero-order chi connectivity index (χ0) is 15.3. The number of rotatable bonds is 13. The fourth-order valence-corrected chi connectivity index (χ4v) is 2.69. The van der Waals surface area contributed by atoms with Crippen molar-refractivity contribution >= 4 is 16.1 Å². The minimum absolute atomic E-state index is 0. The molecule has 0 aliphatic carbocycles. The molecular weight excluding hydrogens is 317 g/mol. The second kappa shape index (κ2) is 15.9. The molecule has 0 unspecified atom stereocenters. The summed E-state index contributed by atoms with van der Waals surface area (Å²) in [5.74, 6) is -0.974. The van der Waals surface area contributed by atoms with Crippen molar-refractivity contribution in [3.8, 4) is 0 Å². The monoisotopic (exact) mass is 347 g/mol. The summed E-state index contributed by atoms with van der Waals surface area (Å²) >= 11 is 0. The number of hydrogen-bond acceptors (Lipinski definition) is 5. The molecule has 0 aromatic carbocycles. The van der Waals surface area contributed by atoms with Gasteiger partial charge in [0.15, 0.2) is 0 Å². The van der Waals surface area contributed by atoms with Crippen molar-refractivity contribution in [3.63, 3.8) is 0 Å². The minimum atomic E-state index is -3.77. The van der Waals surface area contributed by atoms with Crippen LogP contribution >= 0.6 is 0 Å². The molecule has 0 bridgehead atoms. The molecule has 0 rings (SSSR count). The van der Waals surface area contributed by atoms with E-state index in [1.165, 1.54) is 38.5 Å². The second-order valence-electron chi connectivity index (χ2n) is 5.08. The molecule has 0 aromatic rings. The van der Waals surface area contributed by atoms with E-state index in [-0.39, 0.29) is 71.5 Å². The molecule has 0 aliphatic rings. The maximum absolute atomic E-state index is 11.3. The first-order valence-corrected chi connectivity index (χ1v) is 9.24. The van der Waals surface area contributed by atoms with Crippen LogP contribution in [0.1, 0.15) is 72.6 Å². The van der Waals surface area contributed by atoms with Crippen LogP contribution in [0.3, 0.4) is 0 Å². The molecule has 0 amide bonds. The largest absolute Gasteiger partial charge is 1.00 e. The van der Waals surface area contributed by atoms with Gasteiger partial charge in [-0.25, -0.2) is 0 Å². The molecular formula is C14H30KNO4S. The Kier molecular flexibility index (Phi) is 18.4. The van der Waals surface area contributed by atoms with Crippen LogP contribution in [0.15, 0.2) is 0 Å². The molecule has 0 saturated carbocycles. The number of hydrogen-bond donors (Lipinski definition) is 1. The topological polar surface area (TPSA) is 86.5 Å². The molecule has 0 atom stereocenters. The summed E-state index contributed by atoms with van der Waals surface area (Å²) in [6.45, 7) is 2.17. The summed E-state index contributed by atoms with van der Waals surface area (Å²) in [6.07, 6.45) is 10.5. The van der Waals surface area contributed by atoms with E-state index in [4.69, 9.17) is 5.73 Å². The van der Waals surface area contributed by atoms with Crippen molar-refractivity contribution < 1.29 is 70.2 Å². The van der Waals surface area contributed by atoms with Gasteiger partial charge in [-0.3, -0.25) is 4.79 Å². The Hall–Kier alpha value is 1.02. The van der Waals surface area contributed by atoms with Gasteiger partial charge in [0.2, 0.25) is 0 Å². The molecule has 0 saturated heterocycles. The summed E-state index contributed by atoms with van der Waals surface area (Å²) < 4.78 is 26.8. The molecule has 0 fully saturated rings. The minimum Gasteiger partial charge on any atom is -1.00 e. The van der Waals surface area contributed by atoms with Gasteiger partial charge in [-0.2, -0.15) is 8.42 Å². The van der Waals surface area contributed by atoms with E-state index in [0.717, 1.165) is 12.8 Å². The second-order valence-corrected chi connectivity index (χ2v) is 6.77. The van der Waals surface area contributed by atoms with Crippen molar-refractivity contribution in [2.75, 3.05) is 12.3 Å². The van der Waals surface area contributed by atoms with Crippen LogP contribution in [0, 0.1) is 0 Å². The fourth-order valence-electron chi connectivity index (χ4n) is 1.95. The van der Waals surface area contributed by atoms with Crippen LogP contribution < -0.4 is 57.1 Å². The summed E-state index contributed by atoms with van der Waals surface area (Å²) in [5, 5.41) is 0. The van der Waals surface area contributed by atoms with E-state index in [0.29, 0.717) is 6.42 Å². The molecule has 0 radical (unpaired) electrons. The third-order valence-electron chi connectivity index (χ3n) is 3.07. The van der Waals surface area contributed by atoms with E-state index in [9.17, 15) is 13.2 Å². The number of nitrogens with two attached hydrogens (primary N) is 1. The molecule has 0 aliphatic heterocycles. The van der Waals surface area contributed by atoms with Crippen LogP contribution in [0.2, 0.25) is 0 Å². The predicted molar refractivity (Wildman–Crippen MR) is 81.9 cm³/mol. The van der Waals surface area contributed by atoms with Gasteiger partial charge in [0.25, 0.3) is 0 Å². The van der Waals surface area contributed by atoms with Gasteiger partial charge in [0.05, 0.1) is 5.75 Å². The standard InChI is InChI=1S/C14H29NO4S.K.H/c1-2-3-4-5-6-7-8-9-10-11-14(16)19-20(17,18)13-12-15;;/h2-13,15H2,1H3;;/q;+1;-1. The average Bonchev–Trinajstić information content (AvgIpc) is 2.36. The molecule has 0 heterocycles. The summed E-state index contributed by atoms with van der Waals surface area (Å²) in [6, 6.07) is 0. The van der Waals surface area contributed by atoms with Gasteiger partial charge in [0, 0.05) is 13.0 Å². The normalized spacial score (nSPS) is 11.0. The fraction of sp³-hybridized carbons (Fsp3) is 0.929. The SMILES string of the molecule is CCCCCCCCCCCC(=O)OS(=O)(=O)CCN.[H-].[K+]. The van der Waals surface area contributed by atoms with Crippen LogP contribution in [0.25, 0.3) is 0 Å². The van der Waals surface area contributed by atoms with E-state index in [1.54, 1.807) is 0 Å². The number of unbranched alkanes of at least 4 members (excludes halogenated alkanes) is 8. The molecule has 21 heavy (non-hydrogen) atoms. The van der Waals surface area contributed by atoms with Crippen molar-refractivity contribution in [2.24, 2.45) is 5.73 Å². The van der Waals surface area contributed by atoms with E-state index >= 15 is 0 Å². The maximum Gasteiger partial charge on any atom is 1.00 e. The van der Waals surface area contributed by atoms with Crippen LogP contribution in [-0.4, -0.2) is 26.7 Å². The first-order valence-electron chi connectivity index (χ1n) is 7.67.